The van der Waals surface area contributed by atoms with Gasteiger partial charge in [0.1, 0.15) is 5.75 Å². The minimum absolute atomic E-state index is 0.0452. The molecule has 0 saturated carbocycles. The van der Waals surface area contributed by atoms with Crippen molar-refractivity contribution in [2.45, 2.75) is 13.8 Å². The average Bonchev–Trinajstić information content (AvgIpc) is 2.12. The number of carbonyl (C=O) groups is 1. The van der Waals surface area contributed by atoms with Crippen LogP contribution in [0.25, 0.3) is 0 Å². The van der Waals surface area contributed by atoms with Crippen molar-refractivity contribution in [1.29, 1.82) is 0 Å². The molecule has 0 saturated heterocycles. The van der Waals surface area contributed by atoms with Crippen LogP contribution in [0.15, 0.2) is 12.1 Å². The molecule has 3 nitrogen and oxygen atoms in total. The van der Waals surface area contributed by atoms with Crippen LogP contribution in [0.4, 0.5) is 0 Å². The number of hydrogen-bond acceptors (Lipinski definition) is 2. The van der Waals surface area contributed by atoms with Crippen LogP contribution in [0.2, 0.25) is 0 Å². The third-order valence-electron chi connectivity index (χ3n) is 2.14. The van der Waals surface area contributed by atoms with E-state index in [0.29, 0.717) is 5.56 Å². The molecular formula is C11H15NO2. The SMILES string of the molecule is Cc1cc(C(=O)N(C)C)cc(C)c1O. The summed E-state index contributed by atoms with van der Waals surface area (Å²) >= 11 is 0. The van der Waals surface area contributed by atoms with E-state index < -0.39 is 0 Å². The van der Waals surface area contributed by atoms with Crippen LogP contribution in [0, 0.1) is 13.8 Å². The number of phenols is 1. The third-order valence-corrected chi connectivity index (χ3v) is 2.14. The van der Waals surface area contributed by atoms with Gasteiger partial charge in [0.2, 0.25) is 0 Å². The summed E-state index contributed by atoms with van der Waals surface area (Å²) in [5, 5.41) is 9.53. The van der Waals surface area contributed by atoms with E-state index in [1.165, 1.54) is 4.90 Å². The Bertz CT molecular complexity index is 347. The summed E-state index contributed by atoms with van der Waals surface area (Å²) < 4.78 is 0. The van der Waals surface area contributed by atoms with Gasteiger partial charge in [-0.15, -0.1) is 0 Å². The number of phenolic OH excluding ortho intramolecular Hbond substituents is 1. The van der Waals surface area contributed by atoms with E-state index in [1.807, 2.05) is 0 Å². The minimum Gasteiger partial charge on any atom is -0.507 e. The van der Waals surface area contributed by atoms with Crippen LogP contribution in [0.5, 0.6) is 5.75 Å². The van der Waals surface area contributed by atoms with Crippen molar-refractivity contribution >= 4 is 5.91 Å². The van der Waals surface area contributed by atoms with Crippen LogP contribution >= 0.6 is 0 Å². The molecule has 0 spiro atoms. The Morgan fingerprint density at radius 2 is 1.64 bits per heavy atom. The van der Waals surface area contributed by atoms with Crippen molar-refractivity contribution in [3.8, 4) is 5.75 Å². The number of amides is 1. The van der Waals surface area contributed by atoms with E-state index in [9.17, 15) is 9.90 Å². The first-order chi connectivity index (χ1) is 6.43. The van der Waals surface area contributed by atoms with Gasteiger partial charge in [0.05, 0.1) is 0 Å². The number of carbonyl (C=O) groups excluding carboxylic acids is 1. The maximum atomic E-state index is 11.6. The molecule has 0 aromatic heterocycles. The van der Waals surface area contributed by atoms with Crippen molar-refractivity contribution < 1.29 is 9.90 Å². The van der Waals surface area contributed by atoms with E-state index >= 15 is 0 Å². The molecule has 1 rings (SSSR count). The molecule has 0 aliphatic heterocycles. The van der Waals surface area contributed by atoms with Gasteiger partial charge in [-0.25, -0.2) is 0 Å². The first-order valence-electron chi connectivity index (χ1n) is 4.45. The number of hydrogen-bond donors (Lipinski definition) is 1. The molecule has 0 bridgehead atoms. The molecule has 0 heterocycles. The Morgan fingerprint density at radius 1 is 1.21 bits per heavy atom. The van der Waals surface area contributed by atoms with Crippen molar-refractivity contribution in [2.24, 2.45) is 0 Å². The first kappa shape index (κ1) is 10.6. The van der Waals surface area contributed by atoms with Crippen LogP contribution < -0.4 is 0 Å². The summed E-state index contributed by atoms with van der Waals surface area (Å²) in [5.74, 6) is 0.219. The van der Waals surface area contributed by atoms with Crippen LogP contribution in [0.3, 0.4) is 0 Å². The van der Waals surface area contributed by atoms with E-state index in [4.69, 9.17) is 0 Å². The number of aryl methyl sites for hydroxylation is 2. The van der Waals surface area contributed by atoms with Crippen LogP contribution in [0.1, 0.15) is 21.5 Å². The molecule has 1 aromatic rings. The Labute approximate surface area is 84.0 Å². The lowest BCUT2D eigenvalue weighted by atomic mass is 10.1. The lowest BCUT2D eigenvalue weighted by Crippen LogP contribution is -2.21. The fourth-order valence-electron chi connectivity index (χ4n) is 1.34. The van der Waals surface area contributed by atoms with Gasteiger partial charge in [-0.05, 0) is 37.1 Å². The van der Waals surface area contributed by atoms with E-state index in [-0.39, 0.29) is 11.7 Å². The lowest BCUT2D eigenvalue weighted by molar-refractivity contribution is 0.0827. The quantitative estimate of drug-likeness (QED) is 0.737. The Balaban J connectivity index is 3.19. The minimum atomic E-state index is -0.0452. The smallest absolute Gasteiger partial charge is 0.253 e. The molecule has 76 valence electrons. The largest absolute Gasteiger partial charge is 0.507 e. The fraction of sp³-hybridized carbons (Fsp3) is 0.364. The highest BCUT2D eigenvalue weighted by Crippen LogP contribution is 2.23. The summed E-state index contributed by atoms with van der Waals surface area (Å²) in [6.07, 6.45) is 0. The van der Waals surface area contributed by atoms with E-state index in [0.717, 1.165) is 11.1 Å². The van der Waals surface area contributed by atoms with Crippen LogP contribution in [-0.4, -0.2) is 30.0 Å². The predicted octanol–water partition coefficient (Wildman–Crippen LogP) is 1.71. The van der Waals surface area contributed by atoms with Gasteiger partial charge in [0.25, 0.3) is 5.91 Å². The summed E-state index contributed by atoms with van der Waals surface area (Å²) in [5.41, 5.74) is 2.08. The molecule has 0 atom stereocenters. The summed E-state index contributed by atoms with van der Waals surface area (Å²) in [4.78, 5) is 13.1. The van der Waals surface area contributed by atoms with Crippen molar-refractivity contribution in [2.75, 3.05) is 14.1 Å². The van der Waals surface area contributed by atoms with Gasteiger partial charge in [0, 0.05) is 19.7 Å². The second kappa shape index (κ2) is 3.70. The third kappa shape index (κ3) is 1.87. The Kier molecular flexibility index (Phi) is 2.79. The number of aromatic hydroxyl groups is 1. The van der Waals surface area contributed by atoms with Crippen molar-refractivity contribution in [3.05, 3.63) is 28.8 Å². The summed E-state index contributed by atoms with van der Waals surface area (Å²) in [7, 11) is 3.42. The van der Waals surface area contributed by atoms with Gasteiger partial charge < -0.3 is 10.0 Å². The molecule has 0 fully saturated rings. The Hall–Kier alpha value is -1.51. The zero-order valence-electron chi connectivity index (χ0n) is 8.96. The molecule has 3 heteroatoms. The topological polar surface area (TPSA) is 40.5 Å². The molecule has 0 unspecified atom stereocenters. The Morgan fingerprint density at radius 3 is 2.00 bits per heavy atom. The van der Waals surface area contributed by atoms with Crippen LogP contribution in [-0.2, 0) is 0 Å². The standard InChI is InChI=1S/C11H15NO2/c1-7-5-9(11(14)12(3)4)6-8(2)10(7)13/h5-6,13H,1-4H3. The summed E-state index contributed by atoms with van der Waals surface area (Å²) in [6.45, 7) is 3.57. The first-order valence-corrected chi connectivity index (χ1v) is 4.45. The normalized spacial score (nSPS) is 10.0. The van der Waals surface area contributed by atoms with Gasteiger partial charge >= 0.3 is 0 Å². The second-order valence-corrected chi connectivity index (χ2v) is 3.66. The molecule has 0 aliphatic carbocycles. The highest BCUT2D eigenvalue weighted by molar-refractivity contribution is 5.94. The van der Waals surface area contributed by atoms with Gasteiger partial charge in [-0.1, -0.05) is 0 Å². The number of nitrogens with zero attached hydrogens (tertiary/aromatic N) is 1. The predicted molar refractivity (Wildman–Crippen MR) is 55.6 cm³/mol. The van der Waals surface area contributed by atoms with Gasteiger partial charge in [0.15, 0.2) is 0 Å². The maximum absolute atomic E-state index is 11.6. The van der Waals surface area contributed by atoms with Crippen molar-refractivity contribution in [3.63, 3.8) is 0 Å². The fourth-order valence-corrected chi connectivity index (χ4v) is 1.34. The average molecular weight is 193 g/mol. The van der Waals surface area contributed by atoms with E-state index in [1.54, 1.807) is 40.1 Å². The zero-order chi connectivity index (χ0) is 10.9. The summed E-state index contributed by atoms with van der Waals surface area (Å²) in [6, 6.07) is 3.40. The van der Waals surface area contributed by atoms with Gasteiger partial charge in [-0.2, -0.15) is 0 Å². The molecule has 1 aromatic carbocycles. The monoisotopic (exact) mass is 193 g/mol. The second-order valence-electron chi connectivity index (χ2n) is 3.66. The molecule has 1 amide bonds. The highest BCUT2D eigenvalue weighted by atomic mass is 16.3. The number of rotatable bonds is 1. The molecule has 14 heavy (non-hydrogen) atoms. The highest BCUT2D eigenvalue weighted by Gasteiger charge is 2.11. The molecule has 0 aliphatic rings. The zero-order valence-corrected chi connectivity index (χ0v) is 8.96. The number of benzene rings is 1. The van der Waals surface area contributed by atoms with Gasteiger partial charge in [-0.3, -0.25) is 4.79 Å². The van der Waals surface area contributed by atoms with E-state index in [2.05, 4.69) is 0 Å². The lowest BCUT2D eigenvalue weighted by Gasteiger charge is -2.12. The maximum Gasteiger partial charge on any atom is 0.253 e. The molecule has 0 radical (unpaired) electrons. The van der Waals surface area contributed by atoms with Crippen molar-refractivity contribution in [1.82, 2.24) is 4.90 Å². The molecular weight excluding hydrogens is 178 g/mol. The molecule has 1 N–H and O–H groups in total.